The van der Waals surface area contributed by atoms with Crippen molar-refractivity contribution in [2.45, 2.75) is 51.4 Å². The third-order valence-corrected chi connectivity index (χ3v) is 7.29. The minimum Gasteiger partial charge on any atom is -0.354 e. The first kappa shape index (κ1) is 19.8. The Hall–Kier alpha value is -2.15. The Morgan fingerprint density at radius 2 is 2.00 bits per heavy atom. The lowest BCUT2D eigenvalue weighted by molar-refractivity contribution is -0.135. The number of anilines is 1. The number of amides is 1. The van der Waals surface area contributed by atoms with Crippen LogP contribution in [0.4, 0.5) is 5.82 Å². The highest BCUT2D eigenvalue weighted by atomic mass is 16.2. The van der Waals surface area contributed by atoms with E-state index in [1.165, 1.54) is 43.4 Å². The molecule has 0 bridgehead atoms. The molecule has 3 aliphatic rings. The van der Waals surface area contributed by atoms with Gasteiger partial charge in [-0.15, -0.1) is 0 Å². The van der Waals surface area contributed by atoms with E-state index in [2.05, 4.69) is 15.3 Å². The van der Waals surface area contributed by atoms with Gasteiger partial charge >= 0.3 is 0 Å². The highest BCUT2D eigenvalue weighted by molar-refractivity contribution is 5.82. The average molecular weight is 411 g/mol. The summed E-state index contributed by atoms with van der Waals surface area (Å²) >= 11 is 0. The second-order valence-corrected chi connectivity index (χ2v) is 9.37. The highest BCUT2D eigenvalue weighted by Crippen LogP contribution is 2.32. The molecule has 2 aromatic rings. The van der Waals surface area contributed by atoms with Gasteiger partial charge in [0.05, 0.1) is 17.8 Å². The van der Waals surface area contributed by atoms with Crippen LogP contribution in [0.5, 0.6) is 0 Å². The number of hydrogen-bond acceptors (Lipinski definition) is 5. The van der Waals surface area contributed by atoms with E-state index in [9.17, 15) is 4.79 Å². The van der Waals surface area contributed by atoms with Crippen LogP contribution in [0.3, 0.4) is 0 Å². The first-order valence-corrected chi connectivity index (χ1v) is 11.8. The second kappa shape index (κ2) is 8.53. The number of nitrogens with zero attached hydrogens (tertiary/aromatic N) is 5. The van der Waals surface area contributed by atoms with Crippen molar-refractivity contribution < 1.29 is 4.79 Å². The summed E-state index contributed by atoms with van der Waals surface area (Å²) in [5.41, 5.74) is 3.39. The number of carbonyl (C=O) groups is 1. The van der Waals surface area contributed by atoms with Crippen LogP contribution in [-0.2, 0) is 17.6 Å². The van der Waals surface area contributed by atoms with Gasteiger partial charge in [0.2, 0.25) is 5.91 Å². The van der Waals surface area contributed by atoms with Crippen molar-refractivity contribution in [3.63, 3.8) is 0 Å². The Balaban J connectivity index is 1.25. The summed E-state index contributed by atoms with van der Waals surface area (Å²) in [7, 11) is 1.99. The van der Waals surface area contributed by atoms with Gasteiger partial charge in [0.15, 0.2) is 5.65 Å². The quantitative estimate of drug-likeness (QED) is 0.819. The van der Waals surface area contributed by atoms with Crippen molar-refractivity contribution in [1.29, 1.82) is 0 Å². The minimum atomic E-state index is 0.0969. The van der Waals surface area contributed by atoms with Crippen molar-refractivity contribution in [3.05, 3.63) is 23.5 Å². The summed E-state index contributed by atoms with van der Waals surface area (Å²) in [4.78, 5) is 22.2. The number of fused-ring (bicyclic) bond motifs is 2. The van der Waals surface area contributed by atoms with E-state index in [0.717, 1.165) is 69.4 Å². The van der Waals surface area contributed by atoms with Gasteiger partial charge in [0.25, 0.3) is 0 Å². The Labute approximate surface area is 178 Å². The molecule has 2 aromatic heterocycles. The maximum absolute atomic E-state index is 13.0. The molecule has 162 valence electrons. The van der Waals surface area contributed by atoms with Crippen LogP contribution in [0.25, 0.3) is 5.65 Å². The highest BCUT2D eigenvalue weighted by Gasteiger charge is 2.37. The zero-order valence-corrected chi connectivity index (χ0v) is 18.1. The molecule has 7 nitrogen and oxygen atoms in total. The van der Waals surface area contributed by atoms with Gasteiger partial charge in [-0.2, -0.15) is 9.61 Å². The van der Waals surface area contributed by atoms with E-state index in [1.54, 1.807) is 0 Å². The number of hydrogen-bond donors (Lipinski definition) is 1. The van der Waals surface area contributed by atoms with Crippen molar-refractivity contribution in [2.75, 3.05) is 44.7 Å². The molecular weight excluding hydrogens is 376 g/mol. The van der Waals surface area contributed by atoms with Crippen LogP contribution in [0.15, 0.2) is 12.3 Å². The van der Waals surface area contributed by atoms with Crippen LogP contribution < -0.4 is 10.2 Å². The van der Waals surface area contributed by atoms with Crippen LogP contribution in [0, 0.1) is 11.8 Å². The van der Waals surface area contributed by atoms with Crippen molar-refractivity contribution >= 4 is 17.4 Å². The predicted octanol–water partition coefficient (Wildman–Crippen LogP) is 2.28. The monoisotopic (exact) mass is 410 g/mol. The Morgan fingerprint density at radius 3 is 2.83 bits per heavy atom. The minimum absolute atomic E-state index is 0.0969. The molecule has 1 saturated carbocycles. The summed E-state index contributed by atoms with van der Waals surface area (Å²) in [5, 5.41) is 8.02. The maximum atomic E-state index is 13.0. The summed E-state index contributed by atoms with van der Waals surface area (Å²) < 4.78 is 1.97. The van der Waals surface area contributed by atoms with Crippen molar-refractivity contribution in [1.82, 2.24) is 24.8 Å². The predicted molar refractivity (Wildman–Crippen MR) is 118 cm³/mol. The van der Waals surface area contributed by atoms with Gasteiger partial charge < -0.3 is 15.1 Å². The van der Waals surface area contributed by atoms with Gasteiger partial charge in [0.1, 0.15) is 5.82 Å². The Kier molecular flexibility index (Phi) is 5.63. The van der Waals surface area contributed by atoms with Gasteiger partial charge in [-0.05, 0) is 25.3 Å². The lowest BCUT2D eigenvalue weighted by Crippen LogP contribution is -2.55. The number of aromatic nitrogens is 3. The molecule has 30 heavy (non-hydrogen) atoms. The van der Waals surface area contributed by atoms with Crippen LogP contribution >= 0.6 is 0 Å². The molecule has 1 N–H and O–H groups in total. The number of carbonyl (C=O) groups excluding carboxylic acids is 1. The first-order valence-electron chi connectivity index (χ1n) is 11.8. The zero-order valence-electron chi connectivity index (χ0n) is 18.1. The fraction of sp³-hybridized carbons (Fsp3) is 0.696. The molecule has 7 heteroatoms. The van der Waals surface area contributed by atoms with Gasteiger partial charge in [-0.25, -0.2) is 4.98 Å². The lowest BCUT2D eigenvalue weighted by Gasteiger charge is -2.42. The third kappa shape index (κ3) is 3.80. The number of nitrogens with one attached hydrogen (secondary N) is 1. The topological polar surface area (TPSA) is 65.8 Å². The third-order valence-electron chi connectivity index (χ3n) is 7.29. The average Bonchev–Trinajstić information content (AvgIpc) is 3.07. The molecule has 2 fully saturated rings. The molecule has 4 heterocycles. The van der Waals surface area contributed by atoms with Crippen LogP contribution in [0.2, 0.25) is 0 Å². The smallest absolute Gasteiger partial charge is 0.229 e. The summed E-state index contributed by atoms with van der Waals surface area (Å²) in [6.07, 6.45) is 11.7. The maximum Gasteiger partial charge on any atom is 0.229 e. The zero-order chi connectivity index (χ0) is 20.5. The molecule has 0 atom stereocenters. The summed E-state index contributed by atoms with van der Waals surface area (Å²) in [5.74, 6) is 2.37. The molecule has 1 amide bonds. The first-order chi connectivity index (χ1) is 14.7. The Bertz CT molecular complexity index is 896. The molecule has 1 aliphatic carbocycles. The van der Waals surface area contributed by atoms with Crippen molar-refractivity contribution in [2.24, 2.45) is 11.8 Å². The molecule has 0 unspecified atom stereocenters. The fourth-order valence-electron chi connectivity index (χ4n) is 5.42. The van der Waals surface area contributed by atoms with Gasteiger partial charge in [-0.3, -0.25) is 4.79 Å². The molecule has 2 aliphatic heterocycles. The number of rotatable bonds is 5. The lowest BCUT2D eigenvalue weighted by atomic mass is 9.87. The standard InChI is InChI=1S/C23H34N6O/c1-27(14-10-17-5-3-2-4-6-17)23(30)18-15-28(16-18)22-19-7-11-24-12-8-20(19)26-21-9-13-25-29(21)22/h9,13,17-18,24H,2-8,10-12,14-16H2,1H3. The molecular formula is C23H34N6O. The Morgan fingerprint density at radius 1 is 1.20 bits per heavy atom. The van der Waals surface area contributed by atoms with E-state index in [1.807, 2.05) is 28.7 Å². The van der Waals surface area contributed by atoms with Crippen LogP contribution in [0.1, 0.15) is 49.8 Å². The largest absolute Gasteiger partial charge is 0.354 e. The van der Waals surface area contributed by atoms with Crippen LogP contribution in [-0.4, -0.2) is 65.2 Å². The molecule has 0 radical (unpaired) electrons. The summed E-state index contributed by atoms with van der Waals surface area (Å²) in [6.45, 7) is 4.40. The van der Waals surface area contributed by atoms with Gasteiger partial charge in [-0.1, -0.05) is 32.1 Å². The van der Waals surface area contributed by atoms with Gasteiger partial charge in [0, 0.05) is 51.3 Å². The second-order valence-electron chi connectivity index (χ2n) is 9.37. The SMILES string of the molecule is CN(CCC1CCCCC1)C(=O)C1CN(c2c3c(nc4ccnn24)CCNCC3)C1. The summed E-state index contributed by atoms with van der Waals surface area (Å²) in [6, 6.07) is 1.98. The molecule has 0 aromatic carbocycles. The van der Waals surface area contributed by atoms with Crippen molar-refractivity contribution in [3.8, 4) is 0 Å². The molecule has 0 spiro atoms. The van der Waals surface area contributed by atoms with E-state index < -0.39 is 0 Å². The van der Waals surface area contributed by atoms with E-state index >= 15 is 0 Å². The normalized spacial score (nSPS) is 20.6. The molecule has 1 saturated heterocycles. The molecule has 5 rings (SSSR count). The fourth-order valence-corrected chi connectivity index (χ4v) is 5.42. The van der Waals surface area contributed by atoms with E-state index in [4.69, 9.17) is 4.98 Å². The van der Waals surface area contributed by atoms with E-state index in [-0.39, 0.29) is 5.92 Å². The van der Waals surface area contributed by atoms with E-state index in [0.29, 0.717) is 5.91 Å².